The molecule has 2 aliphatic heterocycles. The first kappa shape index (κ1) is 27.1. The lowest BCUT2D eigenvalue weighted by atomic mass is 9.88. The summed E-state index contributed by atoms with van der Waals surface area (Å²) in [5.74, 6) is -0.302. The molecule has 1 aliphatic carbocycles. The summed E-state index contributed by atoms with van der Waals surface area (Å²) in [5, 5.41) is 5.75. The minimum Gasteiger partial charge on any atom is -0.490 e. The summed E-state index contributed by atoms with van der Waals surface area (Å²) in [6.07, 6.45) is 5.83. The fraction of sp³-hybridized carbons (Fsp3) is 0.500. The Kier molecular flexibility index (Phi) is 8.45. The first-order valence-corrected chi connectivity index (χ1v) is 13.9. The Morgan fingerprint density at radius 3 is 2.64 bits per heavy atom. The zero-order valence-electron chi connectivity index (χ0n) is 22.3. The number of fused-ring (bicyclic) bond motifs is 2. The van der Waals surface area contributed by atoms with Gasteiger partial charge in [-0.2, -0.15) is 0 Å². The van der Waals surface area contributed by atoms with Gasteiger partial charge in [-0.25, -0.2) is 4.39 Å². The summed E-state index contributed by atoms with van der Waals surface area (Å²) < 4.78 is 26.1. The summed E-state index contributed by atoms with van der Waals surface area (Å²) in [6.45, 7) is 0.348. The second-order valence-corrected chi connectivity index (χ2v) is 10.8. The largest absolute Gasteiger partial charge is 0.490 e. The molecule has 0 unspecified atom stereocenters. The predicted molar refractivity (Wildman–Crippen MR) is 144 cm³/mol. The molecule has 1 saturated heterocycles. The van der Waals surface area contributed by atoms with Crippen LogP contribution in [0.2, 0.25) is 0 Å². The van der Waals surface area contributed by atoms with Gasteiger partial charge in [0.2, 0.25) is 11.8 Å². The number of halogens is 1. The molecule has 9 heteroatoms. The van der Waals surface area contributed by atoms with E-state index in [1.54, 1.807) is 48.3 Å². The highest BCUT2D eigenvalue weighted by Gasteiger charge is 2.39. The molecule has 208 valence electrons. The Balaban J connectivity index is 1.20. The van der Waals surface area contributed by atoms with E-state index in [0.717, 1.165) is 25.7 Å². The number of anilines is 1. The number of nitrogens with one attached hydrogen (secondary N) is 2. The Bertz CT molecular complexity index is 1210. The van der Waals surface area contributed by atoms with Crippen molar-refractivity contribution in [1.29, 1.82) is 0 Å². The average molecular weight is 538 g/mol. The topological polar surface area (TPSA) is 97.0 Å². The van der Waals surface area contributed by atoms with E-state index in [-0.39, 0.29) is 61.2 Å². The van der Waals surface area contributed by atoms with Gasteiger partial charge in [0.15, 0.2) is 0 Å². The molecule has 2 N–H and O–H groups in total. The lowest BCUT2D eigenvalue weighted by Gasteiger charge is -2.42. The fourth-order valence-corrected chi connectivity index (χ4v) is 5.83. The first-order valence-electron chi connectivity index (χ1n) is 13.9. The second-order valence-electron chi connectivity index (χ2n) is 10.8. The molecule has 39 heavy (non-hydrogen) atoms. The molecule has 0 spiro atoms. The number of hydrogen-bond donors (Lipinski definition) is 2. The number of carbonyl (C=O) groups is 3. The van der Waals surface area contributed by atoms with Crippen molar-refractivity contribution in [3.63, 3.8) is 0 Å². The maximum atomic E-state index is 13.8. The molecule has 2 aromatic carbocycles. The highest BCUT2D eigenvalue weighted by molar-refractivity contribution is 6.00. The van der Waals surface area contributed by atoms with Crippen molar-refractivity contribution in [2.24, 2.45) is 5.92 Å². The quantitative estimate of drug-likeness (QED) is 0.568. The highest BCUT2D eigenvalue weighted by Crippen LogP contribution is 2.33. The van der Waals surface area contributed by atoms with Crippen molar-refractivity contribution in [3.05, 3.63) is 59.4 Å². The molecular formula is C30H36FN3O5. The van der Waals surface area contributed by atoms with Crippen molar-refractivity contribution in [2.45, 2.75) is 76.2 Å². The number of carbonyl (C=O) groups excluding carboxylic acids is 3. The van der Waals surface area contributed by atoms with Crippen LogP contribution in [-0.4, -0.2) is 54.5 Å². The van der Waals surface area contributed by atoms with Crippen molar-refractivity contribution in [3.8, 4) is 5.75 Å². The van der Waals surface area contributed by atoms with Crippen LogP contribution in [0.1, 0.15) is 67.3 Å². The SMILES string of the molecule is CN1C(=O)c2cc(NC(=O)C3CCCCC3)ccc2OC[C@@H]2O[C@@H](CC(=O)NCc3ccccc3F)CC[C@H]21. The average Bonchev–Trinajstić information content (AvgIpc) is 2.95. The molecule has 3 amide bonds. The van der Waals surface area contributed by atoms with Crippen LogP contribution in [0.5, 0.6) is 5.75 Å². The van der Waals surface area contributed by atoms with Crippen LogP contribution in [0.3, 0.4) is 0 Å². The predicted octanol–water partition coefficient (Wildman–Crippen LogP) is 4.43. The number of nitrogens with zero attached hydrogens (tertiary/aromatic N) is 1. The third kappa shape index (κ3) is 6.41. The van der Waals surface area contributed by atoms with E-state index in [0.29, 0.717) is 35.4 Å². The van der Waals surface area contributed by atoms with E-state index in [4.69, 9.17) is 9.47 Å². The summed E-state index contributed by atoms with van der Waals surface area (Å²) >= 11 is 0. The van der Waals surface area contributed by atoms with Gasteiger partial charge in [0.1, 0.15) is 24.3 Å². The Labute approximate surface area is 228 Å². The summed E-state index contributed by atoms with van der Waals surface area (Å²) in [7, 11) is 1.76. The Morgan fingerprint density at radius 2 is 1.85 bits per heavy atom. The van der Waals surface area contributed by atoms with Gasteiger partial charge in [-0.15, -0.1) is 0 Å². The normalized spacial score (nSPS) is 23.5. The van der Waals surface area contributed by atoms with E-state index in [9.17, 15) is 18.8 Å². The zero-order chi connectivity index (χ0) is 27.4. The van der Waals surface area contributed by atoms with Crippen molar-refractivity contribution < 1.29 is 28.2 Å². The van der Waals surface area contributed by atoms with E-state index in [2.05, 4.69) is 10.6 Å². The smallest absolute Gasteiger partial charge is 0.257 e. The van der Waals surface area contributed by atoms with Gasteiger partial charge in [-0.3, -0.25) is 14.4 Å². The molecule has 2 aromatic rings. The second kappa shape index (κ2) is 12.2. The Morgan fingerprint density at radius 1 is 1.05 bits per heavy atom. The number of likely N-dealkylation sites (N-methyl/N-ethyl adjacent to an activating group) is 1. The molecule has 0 aromatic heterocycles. The minimum atomic E-state index is -0.393. The summed E-state index contributed by atoms with van der Waals surface area (Å²) in [4.78, 5) is 40.4. The summed E-state index contributed by atoms with van der Waals surface area (Å²) in [6, 6.07) is 11.3. The van der Waals surface area contributed by atoms with E-state index in [1.807, 2.05) is 0 Å². The van der Waals surface area contributed by atoms with Gasteiger partial charge in [0.25, 0.3) is 5.91 Å². The Hall–Kier alpha value is -3.46. The van der Waals surface area contributed by atoms with Gasteiger partial charge in [-0.05, 0) is 49.9 Å². The van der Waals surface area contributed by atoms with Crippen LogP contribution in [0.4, 0.5) is 10.1 Å². The number of rotatable bonds is 6. The van der Waals surface area contributed by atoms with E-state index >= 15 is 0 Å². The lowest BCUT2D eigenvalue weighted by molar-refractivity contribution is -0.134. The molecule has 3 atom stereocenters. The molecule has 1 saturated carbocycles. The molecule has 2 fully saturated rings. The monoisotopic (exact) mass is 537 g/mol. The maximum absolute atomic E-state index is 13.8. The lowest BCUT2D eigenvalue weighted by Crippen LogP contribution is -2.53. The van der Waals surface area contributed by atoms with Crippen LogP contribution >= 0.6 is 0 Å². The number of amides is 3. The fourth-order valence-electron chi connectivity index (χ4n) is 5.83. The van der Waals surface area contributed by atoms with Gasteiger partial charge < -0.3 is 25.0 Å². The molecule has 3 aliphatic rings. The number of ether oxygens (including phenoxy) is 2. The van der Waals surface area contributed by atoms with E-state index < -0.39 is 6.10 Å². The minimum absolute atomic E-state index is 0.00643. The molecule has 5 rings (SSSR count). The highest BCUT2D eigenvalue weighted by atomic mass is 19.1. The van der Waals surface area contributed by atoms with Crippen molar-refractivity contribution >= 4 is 23.4 Å². The van der Waals surface area contributed by atoms with Crippen LogP contribution in [0.15, 0.2) is 42.5 Å². The molecule has 8 nitrogen and oxygen atoms in total. The van der Waals surface area contributed by atoms with Crippen LogP contribution in [-0.2, 0) is 20.9 Å². The molecule has 0 bridgehead atoms. The van der Waals surface area contributed by atoms with Crippen molar-refractivity contribution in [2.75, 3.05) is 19.0 Å². The molecular weight excluding hydrogens is 501 g/mol. The summed E-state index contributed by atoms with van der Waals surface area (Å²) in [5.41, 5.74) is 1.43. The third-order valence-corrected chi connectivity index (χ3v) is 8.10. The first-order chi connectivity index (χ1) is 18.9. The van der Waals surface area contributed by atoms with Crippen LogP contribution in [0, 0.1) is 11.7 Å². The number of benzene rings is 2. The van der Waals surface area contributed by atoms with Gasteiger partial charge >= 0.3 is 0 Å². The van der Waals surface area contributed by atoms with Crippen LogP contribution in [0.25, 0.3) is 0 Å². The van der Waals surface area contributed by atoms with Crippen molar-refractivity contribution in [1.82, 2.24) is 10.2 Å². The molecule has 2 heterocycles. The van der Waals surface area contributed by atoms with E-state index in [1.165, 1.54) is 12.5 Å². The number of hydrogen-bond acceptors (Lipinski definition) is 5. The maximum Gasteiger partial charge on any atom is 0.257 e. The third-order valence-electron chi connectivity index (χ3n) is 8.10. The van der Waals surface area contributed by atoms with Gasteiger partial charge in [-0.1, -0.05) is 37.5 Å². The standard InChI is InChI=1S/C30H36FN3O5/c1-34-25-13-12-22(16-28(35)32-17-20-9-5-6-10-24(20)31)39-27(25)18-38-26-14-11-21(15-23(26)30(34)37)33-29(36)19-7-3-2-4-8-19/h5-6,9-11,14-15,19,22,25,27H,2-4,7-8,12-13,16-18H2,1H3,(H,32,35)(H,33,36)/t22-,25-,27+/m1/s1. The van der Waals surface area contributed by atoms with Gasteiger partial charge in [0, 0.05) is 30.8 Å². The van der Waals surface area contributed by atoms with Gasteiger partial charge in [0.05, 0.1) is 24.1 Å². The molecule has 0 radical (unpaired) electrons. The van der Waals surface area contributed by atoms with Crippen LogP contribution < -0.4 is 15.4 Å². The zero-order valence-corrected chi connectivity index (χ0v) is 22.3.